The van der Waals surface area contributed by atoms with Crippen LogP contribution in [0, 0.1) is 18.3 Å². The van der Waals surface area contributed by atoms with Gasteiger partial charge in [-0.3, -0.25) is 4.68 Å². The molecule has 2 atom stereocenters. The third-order valence-corrected chi connectivity index (χ3v) is 6.70. The van der Waals surface area contributed by atoms with Crippen molar-refractivity contribution in [2.75, 3.05) is 29.6 Å². The SMILES string of the molecule is Cc1cnc(Nc2cnn(C)c2)nc1N1CC(CC#N)(N[C@H]2CC[C@H](NS(C)(=O)=O)C2)C1. The van der Waals surface area contributed by atoms with Crippen molar-refractivity contribution in [2.24, 2.45) is 7.05 Å². The van der Waals surface area contributed by atoms with Gasteiger partial charge in [-0.15, -0.1) is 0 Å². The van der Waals surface area contributed by atoms with Gasteiger partial charge in [-0.2, -0.15) is 15.3 Å². The molecule has 0 unspecified atom stereocenters. The Hall–Kier alpha value is -2.75. The predicted octanol–water partition coefficient (Wildman–Crippen LogP) is 0.795. The third kappa shape index (κ3) is 5.17. The van der Waals surface area contributed by atoms with E-state index < -0.39 is 10.0 Å². The van der Waals surface area contributed by atoms with Crippen molar-refractivity contribution in [3.8, 4) is 6.07 Å². The number of hydrogen-bond donors (Lipinski definition) is 3. The summed E-state index contributed by atoms with van der Waals surface area (Å²) < 4.78 is 27.4. The van der Waals surface area contributed by atoms with Crippen molar-refractivity contribution in [2.45, 2.75) is 50.2 Å². The third-order valence-electron chi connectivity index (χ3n) is 5.93. The molecule has 1 saturated heterocycles. The Labute approximate surface area is 188 Å². The molecule has 1 aliphatic carbocycles. The molecule has 0 aromatic carbocycles. The summed E-state index contributed by atoms with van der Waals surface area (Å²) in [6.07, 6.45) is 9.33. The average Bonchev–Trinajstić information content (AvgIpc) is 3.28. The molecule has 3 N–H and O–H groups in total. The second kappa shape index (κ2) is 8.65. The zero-order valence-electron chi connectivity index (χ0n) is 18.5. The molecule has 11 nitrogen and oxygen atoms in total. The van der Waals surface area contributed by atoms with Crippen LogP contribution in [0.1, 0.15) is 31.2 Å². The van der Waals surface area contributed by atoms with E-state index in [1.165, 1.54) is 6.26 Å². The number of nitrogens with zero attached hydrogens (tertiary/aromatic N) is 6. The molecule has 3 heterocycles. The highest BCUT2D eigenvalue weighted by Gasteiger charge is 2.46. The smallest absolute Gasteiger partial charge is 0.229 e. The number of rotatable bonds is 8. The van der Waals surface area contributed by atoms with Crippen LogP contribution in [0.5, 0.6) is 0 Å². The fourth-order valence-electron chi connectivity index (χ4n) is 4.62. The highest BCUT2D eigenvalue weighted by Crippen LogP contribution is 2.33. The number of aromatic nitrogens is 4. The second-order valence-electron chi connectivity index (χ2n) is 8.94. The van der Waals surface area contributed by atoms with Crippen LogP contribution in [0.4, 0.5) is 17.5 Å². The Morgan fingerprint density at radius 3 is 2.69 bits per heavy atom. The molecule has 0 amide bonds. The van der Waals surface area contributed by atoms with Gasteiger partial charge in [0.15, 0.2) is 0 Å². The Morgan fingerprint density at radius 2 is 2.03 bits per heavy atom. The Morgan fingerprint density at radius 1 is 1.28 bits per heavy atom. The minimum atomic E-state index is -3.22. The molecule has 1 aliphatic heterocycles. The van der Waals surface area contributed by atoms with Gasteiger partial charge in [0.2, 0.25) is 16.0 Å². The second-order valence-corrected chi connectivity index (χ2v) is 10.7. The number of hydrogen-bond acceptors (Lipinski definition) is 9. The summed E-state index contributed by atoms with van der Waals surface area (Å²) in [7, 11) is -1.37. The highest BCUT2D eigenvalue weighted by atomic mass is 32.2. The summed E-state index contributed by atoms with van der Waals surface area (Å²) in [5, 5.41) is 20.4. The van der Waals surface area contributed by atoms with Crippen molar-refractivity contribution in [1.29, 1.82) is 5.26 Å². The lowest BCUT2D eigenvalue weighted by Crippen LogP contribution is -2.71. The van der Waals surface area contributed by atoms with Crippen LogP contribution in [0.2, 0.25) is 0 Å². The number of anilines is 3. The first-order valence-corrected chi connectivity index (χ1v) is 12.5. The molecule has 1 saturated carbocycles. The zero-order chi connectivity index (χ0) is 22.9. The normalized spacial score (nSPS) is 22.4. The molecule has 32 heavy (non-hydrogen) atoms. The fourth-order valence-corrected chi connectivity index (χ4v) is 5.44. The van der Waals surface area contributed by atoms with E-state index in [-0.39, 0.29) is 17.6 Å². The molecule has 0 radical (unpaired) electrons. The first-order valence-electron chi connectivity index (χ1n) is 10.6. The van der Waals surface area contributed by atoms with Crippen LogP contribution >= 0.6 is 0 Å². The molecule has 4 rings (SSSR count). The van der Waals surface area contributed by atoms with Crippen molar-refractivity contribution < 1.29 is 8.42 Å². The maximum atomic E-state index is 11.5. The summed E-state index contributed by atoms with van der Waals surface area (Å²) >= 11 is 0. The van der Waals surface area contributed by atoms with Gasteiger partial charge >= 0.3 is 0 Å². The largest absolute Gasteiger partial charge is 0.352 e. The van der Waals surface area contributed by atoms with Crippen molar-refractivity contribution in [1.82, 2.24) is 29.8 Å². The van der Waals surface area contributed by atoms with E-state index in [0.717, 1.165) is 36.3 Å². The lowest BCUT2D eigenvalue weighted by atomic mass is 9.85. The van der Waals surface area contributed by atoms with Gasteiger partial charge in [0.1, 0.15) is 5.82 Å². The predicted molar refractivity (Wildman–Crippen MR) is 121 cm³/mol. The Bertz CT molecular complexity index is 1120. The van der Waals surface area contributed by atoms with E-state index in [4.69, 9.17) is 0 Å². The van der Waals surface area contributed by atoms with Gasteiger partial charge in [-0.25, -0.2) is 18.1 Å². The van der Waals surface area contributed by atoms with Gasteiger partial charge in [0, 0.05) is 50.2 Å². The lowest BCUT2D eigenvalue weighted by molar-refractivity contribution is 0.228. The van der Waals surface area contributed by atoms with Gasteiger partial charge in [0.25, 0.3) is 0 Å². The molecule has 172 valence electrons. The molecule has 0 spiro atoms. The van der Waals surface area contributed by atoms with Gasteiger partial charge in [-0.05, 0) is 26.2 Å². The molecular formula is C20H29N9O2S. The number of nitriles is 1. The van der Waals surface area contributed by atoms with Crippen LogP contribution < -0.4 is 20.3 Å². The molecular weight excluding hydrogens is 430 g/mol. The maximum absolute atomic E-state index is 11.5. The molecule has 2 aromatic rings. The fraction of sp³-hybridized carbons (Fsp3) is 0.600. The Balaban J connectivity index is 1.41. The molecule has 2 fully saturated rings. The number of sulfonamides is 1. The van der Waals surface area contributed by atoms with E-state index in [2.05, 4.69) is 41.4 Å². The molecule has 12 heteroatoms. The van der Waals surface area contributed by atoms with E-state index in [1.807, 2.05) is 20.2 Å². The summed E-state index contributed by atoms with van der Waals surface area (Å²) in [6.45, 7) is 3.29. The average molecular weight is 460 g/mol. The number of aryl methyl sites for hydroxylation is 2. The summed E-state index contributed by atoms with van der Waals surface area (Å²) in [6, 6.07) is 2.44. The topological polar surface area (TPSA) is 141 Å². The van der Waals surface area contributed by atoms with Crippen LogP contribution in [-0.2, 0) is 17.1 Å². The highest BCUT2D eigenvalue weighted by molar-refractivity contribution is 7.88. The van der Waals surface area contributed by atoms with Crippen LogP contribution in [0.25, 0.3) is 0 Å². The van der Waals surface area contributed by atoms with Crippen LogP contribution in [0.3, 0.4) is 0 Å². The Kier molecular flexibility index (Phi) is 6.07. The first-order chi connectivity index (χ1) is 15.1. The maximum Gasteiger partial charge on any atom is 0.229 e. The van der Waals surface area contributed by atoms with E-state index in [0.29, 0.717) is 25.5 Å². The minimum absolute atomic E-state index is 0.0527. The van der Waals surface area contributed by atoms with E-state index in [1.54, 1.807) is 17.1 Å². The van der Waals surface area contributed by atoms with E-state index in [9.17, 15) is 13.7 Å². The van der Waals surface area contributed by atoms with Crippen LogP contribution in [-0.4, -0.2) is 65.1 Å². The minimum Gasteiger partial charge on any atom is -0.352 e. The lowest BCUT2D eigenvalue weighted by Gasteiger charge is -2.51. The van der Waals surface area contributed by atoms with Gasteiger partial charge < -0.3 is 15.5 Å². The van der Waals surface area contributed by atoms with E-state index >= 15 is 0 Å². The number of nitrogens with one attached hydrogen (secondary N) is 3. The zero-order valence-corrected chi connectivity index (χ0v) is 19.4. The summed E-state index contributed by atoms with van der Waals surface area (Å²) in [5.41, 5.74) is 1.45. The summed E-state index contributed by atoms with van der Waals surface area (Å²) in [4.78, 5) is 11.2. The molecule has 2 aromatic heterocycles. The molecule has 0 bridgehead atoms. The van der Waals surface area contributed by atoms with Gasteiger partial charge in [0.05, 0.1) is 36.2 Å². The summed E-state index contributed by atoms with van der Waals surface area (Å²) in [5.74, 6) is 1.33. The van der Waals surface area contributed by atoms with Gasteiger partial charge in [-0.1, -0.05) is 0 Å². The van der Waals surface area contributed by atoms with Crippen molar-refractivity contribution in [3.63, 3.8) is 0 Å². The quantitative estimate of drug-likeness (QED) is 0.522. The first kappa shape index (κ1) is 22.4. The van der Waals surface area contributed by atoms with Crippen LogP contribution in [0.15, 0.2) is 18.6 Å². The monoisotopic (exact) mass is 459 g/mol. The molecule has 2 aliphatic rings. The standard InChI is InChI=1S/C20H29N9O2S/c1-14-9-22-19(24-17-10-23-28(2)11-17)25-18(14)29-12-20(13-29,6-7-21)26-15-4-5-16(8-15)27-32(3,30)31/h9-11,15-16,26-27H,4-6,8,12-13H2,1-3H3,(H,22,24,25)/t15-,16-/m0/s1. The van der Waals surface area contributed by atoms with Crippen molar-refractivity contribution in [3.05, 3.63) is 24.2 Å². The van der Waals surface area contributed by atoms with Crippen molar-refractivity contribution >= 4 is 27.5 Å².